The Morgan fingerprint density at radius 1 is 1.41 bits per heavy atom. The molecule has 1 aromatic heterocycles. The van der Waals surface area contributed by atoms with Crippen LogP contribution >= 0.6 is 23.2 Å². The number of imidazole rings is 1. The second kappa shape index (κ2) is 4.35. The van der Waals surface area contributed by atoms with Crippen LogP contribution in [0.4, 0.5) is 4.39 Å². The highest BCUT2D eigenvalue weighted by atomic mass is 35.5. The van der Waals surface area contributed by atoms with E-state index in [2.05, 4.69) is 4.98 Å². The number of aromatic nitrogens is 2. The second-order valence-electron chi connectivity index (χ2n) is 4.00. The van der Waals surface area contributed by atoms with E-state index in [1.165, 1.54) is 6.07 Å². The van der Waals surface area contributed by atoms with E-state index in [9.17, 15) is 4.39 Å². The van der Waals surface area contributed by atoms with Gasteiger partial charge in [0.25, 0.3) is 0 Å². The SMILES string of the molecule is CC(Cl)c1nc2cc(F)c(Cl)cc2n1N(C)C. The molecule has 0 aliphatic rings. The molecule has 3 nitrogen and oxygen atoms in total. The lowest BCUT2D eigenvalue weighted by atomic mass is 10.3. The number of rotatable bonds is 2. The van der Waals surface area contributed by atoms with E-state index in [1.54, 1.807) is 6.07 Å². The lowest BCUT2D eigenvalue weighted by molar-refractivity contribution is 0.629. The number of hydrogen-bond acceptors (Lipinski definition) is 2. The number of halogens is 3. The highest BCUT2D eigenvalue weighted by Crippen LogP contribution is 2.27. The molecule has 0 N–H and O–H groups in total. The molecule has 0 amide bonds. The van der Waals surface area contributed by atoms with Crippen LogP contribution in [0.5, 0.6) is 0 Å². The van der Waals surface area contributed by atoms with Gasteiger partial charge in [-0.15, -0.1) is 11.6 Å². The van der Waals surface area contributed by atoms with Crippen molar-refractivity contribution >= 4 is 34.2 Å². The Kier molecular flexibility index (Phi) is 3.19. The highest BCUT2D eigenvalue weighted by molar-refractivity contribution is 6.31. The molecular formula is C11H12Cl2FN3. The predicted molar refractivity (Wildman–Crippen MR) is 69.0 cm³/mol. The molecule has 2 aromatic rings. The molecule has 0 saturated carbocycles. The van der Waals surface area contributed by atoms with E-state index in [-0.39, 0.29) is 10.4 Å². The summed E-state index contributed by atoms with van der Waals surface area (Å²) in [6.07, 6.45) is 0. The van der Waals surface area contributed by atoms with Gasteiger partial charge >= 0.3 is 0 Å². The monoisotopic (exact) mass is 275 g/mol. The second-order valence-corrected chi connectivity index (χ2v) is 5.06. The van der Waals surface area contributed by atoms with Crippen molar-refractivity contribution in [2.45, 2.75) is 12.3 Å². The Labute approximate surface area is 109 Å². The normalized spacial score (nSPS) is 13.1. The first-order valence-electron chi connectivity index (χ1n) is 5.11. The van der Waals surface area contributed by atoms with Gasteiger partial charge in [0.05, 0.1) is 21.4 Å². The molecule has 1 heterocycles. The van der Waals surface area contributed by atoms with Crippen LogP contribution in [-0.2, 0) is 0 Å². The van der Waals surface area contributed by atoms with Crippen molar-refractivity contribution in [3.05, 3.63) is 28.8 Å². The summed E-state index contributed by atoms with van der Waals surface area (Å²) in [6.45, 7) is 1.82. The van der Waals surface area contributed by atoms with Crippen LogP contribution in [-0.4, -0.2) is 23.8 Å². The average molecular weight is 276 g/mol. The van der Waals surface area contributed by atoms with E-state index in [4.69, 9.17) is 23.2 Å². The number of alkyl halides is 1. The van der Waals surface area contributed by atoms with Gasteiger partial charge in [-0.3, -0.25) is 0 Å². The van der Waals surface area contributed by atoms with Crippen molar-refractivity contribution in [2.75, 3.05) is 19.1 Å². The van der Waals surface area contributed by atoms with E-state index in [0.29, 0.717) is 11.3 Å². The predicted octanol–water partition coefficient (Wildman–Crippen LogP) is 3.33. The van der Waals surface area contributed by atoms with Crippen molar-refractivity contribution < 1.29 is 4.39 Å². The lowest BCUT2D eigenvalue weighted by Crippen LogP contribution is -2.27. The summed E-state index contributed by atoms with van der Waals surface area (Å²) in [6, 6.07) is 2.88. The third-order valence-electron chi connectivity index (χ3n) is 2.45. The van der Waals surface area contributed by atoms with Gasteiger partial charge in [0.15, 0.2) is 0 Å². The van der Waals surface area contributed by atoms with Crippen LogP contribution < -0.4 is 5.01 Å². The molecule has 0 saturated heterocycles. The van der Waals surface area contributed by atoms with Gasteiger partial charge in [-0.05, 0) is 13.0 Å². The van der Waals surface area contributed by atoms with Crippen LogP contribution in [0.1, 0.15) is 18.1 Å². The summed E-state index contributed by atoms with van der Waals surface area (Å²) in [5.74, 6) is 0.185. The molecule has 0 aliphatic heterocycles. The zero-order valence-corrected chi connectivity index (χ0v) is 11.2. The van der Waals surface area contributed by atoms with Crippen molar-refractivity contribution in [1.29, 1.82) is 0 Å². The van der Waals surface area contributed by atoms with Crippen molar-refractivity contribution in [3.8, 4) is 0 Å². The topological polar surface area (TPSA) is 21.1 Å². The summed E-state index contributed by atoms with van der Waals surface area (Å²) in [4.78, 5) is 4.33. The largest absolute Gasteiger partial charge is 0.317 e. The smallest absolute Gasteiger partial charge is 0.146 e. The number of nitrogens with zero attached hydrogens (tertiary/aromatic N) is 3. The lowest BCUT2D eigenvalue weighted by Gasteiger charge is -2.19. The van der Waals surface area contributed by atoms with E-state index >= 15 is 0 Å². The summed E-state index contributed by atoms with van der Waals surface area (Å²) in [7, 11) is 3.72. The highest BCUT2D eigenvalue weighted by Gasteiger charge is 2.17. The maximum atomic E-state index is 13.4. The third kappa shape index (κ3) is 2.07. The Morgan fingerprint density at radius 2 is 2.06 bits per heavy atom. The Bertz CT molecular complexity index is 563. The van der Waals surface area contributed by atoms with E-state index < -0.39 is 5.82 Å². The first kappa shape index (κ1) is 12.5. The molecule has 0 aliphatic carbocycles. The van der Waals surface area contributed by atoms with Crippen LogP contribution in [0.3, 0.4) is 0 Å². The van der Waals surface area contributed by atoms with Gasteiger partial charge in [0.1, 0.15) is 11.6 Å². The van der Waals surface area contributed by atoms with E-state index in [1.807, 2.05) is 30.7 Å². The van der Waals surface area contributed by atoms with Crippen LogP contribution in [0, 0.1) is 5.82 Å². The summed E-state index contributed by atoms with van der Waals surface area (Å²) < 4.78 is 15.2. The molecule has 0 spiro atoms. The Balaban J connectivity index is 2.80. The maximum absolute atomic E-state index is 13.4. The zero-order valence-electron chi connectivity index (χ0n) is 9.71. The molecule has 92 valence electrons. The molecule has 2 rings (SSSR count). The number of hydrogen-bond donors (Lipinski definition) is 0. The van der Waals surface area contributed by atoms with Gasteiger partial charge in [0, 0.05) is 20.2 Å². The molecule has 1 aromatic carbocycles. The summed E-state index contributed by atoms with van der Waals surface area (Å²) in [5.41, 5.74) is 1.28. The quantitative estimate of drug-likeness (QED) is 0.784. The zero-order chi connectivity index (χ0) is 12.7. The third-order valence-corrected chi connectivity index (χ3v) is 2.94. The molecular weight excluding hydrogens is 264 g/mol. The minimum absolute atomic E-state index is 0.0780. The van der Waals surface area contributed by atoms with Crippen LogP contribution in [0.2, 0.25) is 5.02 Å². The van der Waals surface area contributed by atoms with E-state index in [0.717, 1.165) is 5.52 Å². The van der Waals surface area contributed by atoms with Crippen molar-refractivity contribution in [1.82, 2.24) is 9.66 Å². The summed E-state index contributed by atoms with van der Waals surface area (Å²) >= 11 is 11.9. The van der Waals surface area contributed by atoms with Gasteiger partial charge in [-0.25, -0.2) is 14.1 Å². The first-order valence-corrected chi connectivity index (χ1v) is 5.92. The minimum atomic E-state index is -0.476. The number of benzene rings is 1. The minimum Gasteiger partial charge on any atom is -0.317 e. The first-order chi connectivity index (χ1) is 7.91. The van der Waals surface area contributed by atoms with Crippen molar-refractivity contribution in [2.24, 2.45) is 0 Å². The van der Waals surface area contributed by atoms with Gasteiger partial charge in [-0.2, -0.15) is 0 Å². The van der Waals surface area contributed by atoms with Crippen molar-refractivity contribution in [3.63, 3.8) is 0 Å². The molecule has 0 bridgehead atoms. The Morgan fingerprint density at radius 3 is 2.59 bits per heavy atom. The molecule has 17 heavy (non-hydrogen) atoms. The molecule has 0 radical (unpaired) electrons. The fourth-order valence-corrected chi connectivity index (χ4v) is 2.06. The molecule has 0 fully saturated rings. The van der Waals surface area contributed by atoms with Gasteiger partial charge < -0.3 is 5.01 Å². The maximum Gasteiger partial charge on any atom is 0.146 e. The molecule has 1 unspecified atom stereocenters. The standard InChI is InChI=1S/C11H12Cl2FN3/c1-6(12)11-15-9-5-8(14)7(13)4-10(9)17(11)16(2)3/h4-6H,1-3H3. The number of fused-ring (bicyclic) bond motifs is 1. The van der Waals surface area contributed by atoms with Gasteiger partial charge in [-0.1, -0.05) is 11.6 Å². The van der Waals surface area contributed by atoms with Crippen LogP contribution in [0.15, 0.2) is 12.1 Å². The van der Waals surface area contributed by atoms with Crippen LogP contribution in [0.25, 0.3) is 11.0 Å². The summed E-state index contributed by atoms with van der Waals surface area (Å²) in [5, 5.41) is 1.64. The fourth-order valence-electron chi connectivity index (χ4n) is 1.76. The molecule has 1 atom stereocenters. The fraction of sp³-hybridized carbons (Fsp3) is 0.364. The Hall–Kier alpha value is -1.00. The average Bonchev–Trinajstić information content (AvgIpc) is 2.57. The molecule has 6 heteroatoms. The van der Waals surface area contributed by atoms with Gasteiger partial charge in [0.2, 0.25) is 0 Å².